The predicted molar refractivity (Wildman–Crippen MR) is 143 cm³/mol. The number of anilines is 1. The molecule has 5 rings (SSSR count). The van der Waals surface area contributed by atoms with Gasteiger partial charge in [-0.05, 0) is 38.0 Å². The average Bonchev–Trinajstić information content (AvgIpc) is 3.41. The number of amides is 4. The Bertz CT molecular complexity index is 1370. The van der Waals surface area contributed by atoms with Gasteiger partial charge < -0.3 is 20.4 Å². The zero-order valence-electron chi connectivity index (χ0n) is 22.3. The van der Waals surface area contributed by atoms with Gasteiger partial charge in [0.2, 0.25) is 5.91 Å². The largest absolute Gasteiger partial charge is 0.374 e. The Morgan fingerprint density at radius 2 is 1.77 bits per heavy atom. The average molecular weight is 532 g/mol. The monoisotopic (exact) mass is 531 g/mol. The molecule has 4 amide bonds. The van der Waals surface area contributed by atoms with E-state index in [-0.39, 0.29) is 30.9 Å². The van der Waals surface area contributed by atoms with E-state index in [0.717, 1.165) is 5.56 Å². The minimum atomic E-state index is -1.11. The molecule has 1 fully saturated rings. The van der Waals surface area contributed by atoms with Gasteiger partial charge in [0.1, 0.15) is 17.4 Å². The molecule has 11 heteroatoms. The summed E-state index contributed by atoms with van der Waals surface area (Å²) in [5, 5.41) is 11.8. The number of ether oxygens (including phenoxy) is 1. The normalized spacial score (nSPS) is 19.9. The number of nitrogens with zero attached hydrogens (tertiary/aromatic N) is 5. The molecule has 3 heterocycles. The van der Waals surface area contributed by atoms with Crippen molar-refractivity contribution < 1.29 is 19.1 Å². The molecule has 0 aliphatic carbocycles. The second kappa shape index (κ2) is 10.2. The molecule has 0 saturated carbocycles. The summed E-state index contributed by atoms with van der Waals surface area (Å²) in [5.41, 5.74) is 5.50. The number of imide groups is 1. The number of hydrogen-bond donors (Lipinski definition) is 2. The highest BCUT2D eigenvalue weighted by molar-refractivity contribution is 6.16. The van der Waals surface area contributed by atoms with E-state index < -0.39 is 17.1 Å². The number of benzene rings is 2. The second-order valence-electron chi connectivity index (χ2n) is 10.7. The lowest BCUT2D eigenvalue weighted by atomic mass is 9.86. The van der Waals surface area contributed by atoms with Gasteiger partial charge >= 0.3 is 6.03 Å². The van der Waals surface area contributed by atoms with Gasteiger partial charge in [0.05, 0.1) is 18.8 Å². The van der Waals surface area contributed by atoms with E-state index >= 15 is 0 Å². The molecule has 3 aromatic rings. The number of urea groups is 1. The number of likely N-dealkylation sites (N-methyl/N-ethyl adjacent to an activating group) is 1. The summed E-state index contributed by atoms with van der Waals surface area (Å²) in [7, 11) is 1.50. The number of carbonyl (C=O) groups is 3. The maximum absolute atomic E-state index is 13.5. The highest BCUT2D eigenvalue weighted by atomic mass is 16.5. The number of para-hydroxylation sites is 1. The van der Waals surface area contributed by atoms with Crippen LogP contribution in [-0.2, 0) is 33.9 Å². The fraction of sp³-hybridized carbons (Fsp3) is 0.393. The predicted octanol–water partition coefficient (Wildman–Crippen LogP) is 2.17. The molecule has 0 radical (unpaired) electrons. The highest BCUT2D eigenvalue weighted by Crippen LogP contribution is 2.40. The molecule has 204 valence electrons. The minimum absolute atomic E-state index is 0.149. The van der Waals surface area contributed by atoms with Gasteiger partial charge in [0, 0.05) is 25.7 Å². The number of fused-ring (bicyclic) bond motifs is 1. The maximum Gasteiger partial charge on any atom is 0.331 e. The number of nitrogens with two attached hydrogens (primary N) is 1. The van der Waals surface area contributed by atoms with Gasteiger partial charge in [-0.15, -0.1) is 10.2 Å². The van der Waals surface area contributed by atoms with Gasteiger partial charge in [-0.25, -0.2) is 4.79 Å². The molecule has 1 aromatic heterocycles. The Labute approximate surface area is 226 Å². The van der Waals surface area contributed by atoms with Crippen LogP contribution in [0.25, 0.3) is 0 Å². The van der Waals surface area contributed by atoms with Crippen LogP contribution in [0.2, 0.25) is 0 Å². The van der Waals surface area contributed by atoms with E-state index in [2.05, 4.69) is 15.5 Å². The first-order valence-electron chi connectivity index (χ1n) is 12.9. The third-order valence-corrected chi connectivity index (χ3v) is 7.28. The van der Waals surface area contributed by atoms with Gasteiger partial charge in [0.25, 0.3) is 5.91 Å². The molecule has 11 nitrogen and oxygen atoms in total. The Balaban J connectivity index is 1.43. The quantitative estimate of drug-likeness (QED) is 0.425. The van der Waals surface area contributed by atoms with Crippen LogP contribution in [-0.4, -0.2) is 62.2 Å². The van der Waals surface area contributed by atoms with Crippen molar-refractivity contribution in [2.24, 2.45) is 5.73 Å². The Morgan fingerprint density at radius 3 is 2.44 bits per heavy atom. The number of carbonyl (C=O) groups excluding carboxylic acids is 3. The molecule has 3 N–H and O–H groups in total. The molecule has 2 aliphatic heterocycles. The van der Waals surface area contributed by atoms with Crippen LogP contribution < -0.4 is 16.0 Å². The van der Waals surface area contributed by atoms with E-state index in [1.165, 1.54) is 11.9 Å². The van der Waals surface area contributed by atoms with Crippen LogP contribution in [0.1, 0.15) is 43.5 Å². The lowest BCUT2D eigenvalue weighted by Gasteiger charge is -2.38. The lowest BCUT2D eigenvalue weighted by molar-refractivity contribution is -0.130. The second-order valence-corrected chi connectivity index (χ2v) is 10.7. The fourth-order valence-corrected chi connectivity index (χ4v) is 5.16. The summed E-state index contributed by atoms with van der Waals surface area (Å²) in [6.07, 6.45) is 0.556. The highest BCUT2D eigenvalue weighted by Gasteiger charge is 2.58. The first kappa shape index (κ1) is 26.5. The zero-order valence-corrected chi connectivity index (χ0v) is 22.3. The van der Waals surface area contributed by atoms with Gasteiger partial charge in [-0.2, -0.15) is 0 Å². The third kappa shape index (κ3) is 4.90. The van der Waals surface area contributed by atoms with E-state index in [4.69, 9.17) is 10.5 Å². The standard InChI is InChI=1S/C28H33N7O4/c1-27(2,29)24(36)30-21(18-39-17-19-10-6-4-7-11-19)23-32-31-22-16-28(14-15-34(22)23)25(37)33(3)26(38)35(28)20-12-8-5-9-13-20/h4-13,21H,14-18,29H2,1-3H3,(H,30,36)/t21-,28?/m1/s1. The van der Waals surface area contributed by atoms with Crippen molar-refractivity contribution in [3.63, 3.8) is 0 Å². The molecule has 2 atom stereocenters. The van der Waals surface area contributed by atoms with Crippen molar-refractivity contribution in [1.82, 2.24) is 25.0 Å². The number of aromatic nitrogens is 3. The number of hydrogen-bond acceptors (Lipinski definition) is 7. The summed E-state index contributed by atoms with van der Waals surface area (Å²) in [6.45, 7) is 4.15. The van der Waals surface area contributed by atoms with Gasteiger partial charge in [-0.3, -0.25) is 19.4 Å². The van der Waals surface area contributed by atoms with Crippen LogP contribution in [0.4, 0.5) is 10.5 Å². The van der Waals surface area contributed by atoms with E-state index in [0.29, 0.717) is 36.9 Å². The number of nitrogens with one attached hydrogen (secondary N) is 1. The fourth-order valence-electron chi connectivity index (χ4n) is 5.16. The van der Waals surface area contributed by atoms with Crippen molar-refractivity contribution in [1.29, 1.82) is 0 Å². The van der Waals surface area contributed by atoms with Crippen molar-refractivity contribution >= 4 is 23.5 Å². The van der Waals surface area contributed by atoms with Crippen LogP contribution in [0, 0.1) is 0 Å². The van der Waals surface area contributed by atoms with E-state index in [1.54, 1.807) is 18.7 Å². The first-order valence-corrected chi connectivity index (χ1v) is 12.9. The zero-order chi connectivity index (χ0) is 27.8. The van der Waals surface area contributed by atoms with Gasteiger partial charge in [-0.1, -0.05) is 48.5 Å². The Morgan fingerprint density at radius 1 is 1.10 bits per heavy atom. The van der Waals surface area contributed by atoms with Gasteiger partial charge in [0.15, 0.2) is 5.82 Å². The minimum Gasteiger partial charge on any atom is -0.374 e. The van der Waals surface area contributed by atoms with E-state index in [1.807, 2.05) is 65.2 Å². The summed E-state index contributed by atoms with van der Waals surface area (Å²) < 4.78 is 7.88. The van der Waals surface area contributed by atoms with Crippen LogP contribution in [0.15, 0.2) is 60.7 Å². The summed E-state index contributed by atoms with van der Waals surface area (Å²) in [5.74, 6) is 0.451. The van der Waals surface area contributed by atoms with Crippen molar-refractivity contribution in [3.05, 3.63) is 77.9 Å². The number of rotatable bonds is 8. The molecule has 1 saturated heterocycles. The van der Waals surface area contributed by atoms with Crippen molar-refractivity contribution in [3.8, 4) is 0 Å². The smallest absolute Gasteiger partial charge is 0.331 e. The molecule has 39 heavy (non-hydrogen) atoms. The third-order valence-electron chi connectivity index (χ3n) is 7.28. The topological polar surface area (TPSA) is 136 Å². The molecular formula is C28H33N7O4. The summed E-state index contributed by atoms with van der Waals surface area (Å²) >= 11 is 0. The van der Waals surface area contributed by atoms with Crippen LogP contribution in [0.3, 0.4) is 0 Å². The van der Waals surface area contributed by atoms with Crippen molar-refractivity contribution in [2.75, 3.05) is 18.6 Å². The molecule has 2 aromatic carbocycles. The van der Waals surface area contributed by atoms with Crippen LogP contribution in [0.5, 0.6) is 0 Å². The maximum atomic E-state index is 13.5. The van der Waals surface area contributed by atoms with E-state index in [9.17, 15) is 14.4 Å². The molecule has 1 spiro atoms. The lowest BCUT2D eigenvalue weighted by Crippen LogP contribution is -2.55. The molecule has 2 aliphatic rings. The SMILES string of the molecule is CN1C(=O)N(c2ccccc2)C2(CCn3c(nnc3[C@@H](COCc3ccccc3)NC(=O)C(C)(C)N)C2)C1=O. The van der Waals surface area contributed by atoms with Crippen molar-refractivity contribution in [2.45, 2.75) is 57.0 Å². The Hall–Kier alpha value is -4.09. The molecule has 1 unspecified atom stereocenters. The first-order chi connectivity index (χ1) is 18.6. The molecule has 0 bridgehead atoms. The summed E-state index contributed by atoms with van der Waals surface area (Å²) in [6, 6.07) is 17.9. The molecular weight excluding hydrogens is 498 g/mol. The Kier molecular flexibility index (Phi) is 6.96. The van der Waals surface area contributed by atoms with Crippen LogP contribution >= 0.6 is 0 Å². The summed E-state index contributed by atoms with van der Waals surface area (Å²) in [4.78, 5) is 42.2.